The van der Waals surface area contributed by atoms with Gasteiger partial charge in [-0.15, -0.1) is 11.3 Å². The lowest BCUT2D eigenvalue weighted by Gasteiger charge is -2.13. The van der Waals surface area contributed by atoms with Crippen molar-refractivity contribution in [2.24, 2.45) is 0 Å². The number of nitrogens with one attached hydrogen (secondary N) is 1. The van der Waals surface area contributed by atoms with Crippen LogP contribution < -0.4 is 5.32 Å². The van der Waals surface area contributed by atoms with Gasteiger partial charge in [0, 0.05) is 11.8 Å². The van der Waals surface area contributed by atoms with E-state index in [0.717, 1.165) is 18.3 Å². The molecule has 1 aromatic rings. The summed E-state index contributed by atoms with van der Waals surface area (Å²) in [5.41, 5.74) is 0. The lowest BCUT2D eigenvalue weighted by Crippen LogP contribution is -2.44. The first-order valence-corrected chi connectivity index (χ1v) is 8.16. The van der Waals surface area contributed by atoms with Gasteiger partial charge in [0.15, 0.2) is 9.84 Å². The molecule has 9 heteroatoms. The van der Waals surface area contributed by atoms with Gasteiger partial charge in [0.25, 0.3) is 0 Å². The van der Waals surface area contributed by atoms with E-state index in [1.807, 2.05) is 0 Å². The van der Waals surface area contributed by atoms with Gasteiger partial charge in [-0.05, 0) is 12.1 Å². The molecule has 1 heterocycles. The highest BCUT2D eigenvalue weighted by Crippen LogP contribution is 2.23. The van der Waals surface area contributed by atoms with Crippen LogP contribution in [-0.4, -0.2) is 37.2 Å². The van der Waals surface area contributed by atoms with Crippen LogP contribution in [0.4, 0.5) is 0 Å². The standard InChI is InChI=1S/C10H12ClNO5S2/c1-6(13)12-8(10(14)15)5-19(16,17)4-7-2-3-9(11)18-7/h2-3,8H,4-5H2,1H3,(H,12,13)(H,14,15)/t8-/m0/s1. The van der Waals surface area contributed by atoms with Gasteiger partial charge >= 0.3 is 5.97 Å². The Morgan fingerprint density at radius 3 is 2.53 bits per heavy atom. The average Bonchev–Trinajstić information content (AvgIpc) is 2.60. The third-order valence-electron chi connectivity index (χ3n) is 2.09. The van der Waals surface area contributed by atoms with Crippen LogP contribution in [0.3, 0.4) is 0 Å². The molecule has 0 fully saturated rings. The molecular formula is C10H12ClNO5S2. The number of carboxylic acid groups (broad SMARTS) is 1. The first-order chi connectivity index (χ1) is 8.69. The van der Waals surface area contributed by atoms with Crippen molar-refractivity contribution in [1.82, 2.24) is 5.32 Å². The number of rotatable bonds is 6. The molecule has 0 aliphatic carbocycles. The SMILES string of the molecule is CC(=O)N[C@@H](CS(=O)(=O)Cc1ccc(Cl)s1)C(=O)O. The Bertz CT molecular complexity index is 580. The Hall–Kier alpha value is -1.12. The number of halogens is 1. The monoisotopic (exact) mass is 325 g/mol. The van der Waals surface area contributed by atoms with Gasteiger partial charge in [0.1, 0.15) is 6.04 Å². The molecule has 0 aromatic carbocycles. The molecule has 19 heavy (non-hydrogen) atoms. The summed E-state index contributed by atoms with van der Waals surface area (Å²) in [5, 5.41) is 10.9. The Morgan fingerprint density at radius 1 is 1.47 bits per heavy atom. The molecule has 1 atom stereocenters. The highest BCUT2D eigenvalue weighted by molar-refractivity contribution is 7.90. The second-order valence-electron chi connectivity index (χ2n) is 3.85. The molecule has 0 saturated heterocycles. The summed E-state index contributed by atoms with van der Waals surface area (Å²) in [6.45, 7) is 1.13. The van der Waals surface area contributed by atoms with Crippen LogP contribution in [0, 0.1) is 0 Å². The summed E-state index contributed by atoms with van der Waals surface area (Å²) >= 11 is 6.80. The Balaban J connectivity index is 2.76. The number of carbonyl (C=O) groups excluding carboxylic acids is 1. The van der Waals surface area contributed by atoms with Crippen LogP contribution in [0.1, 0.15) is 11.8 Å². The van der Waals surface area contributed by atoms with Crippen molar-refractivity contribution in [2.45, 2.75) is 18.7 Å². The fourth-order valence-electron chi connectivity index (χ4n) is 1.38. The molecule has 106 valence electrons. The number of thiophene rings is 1. The normalized spacial score (nSPS) is 12.9. The Morgan fingerprint density at radius 2 is 2.11 bits per heavy atom. The number of carboxylic acids is 1. The molecule has 6 nitrogen and oxygen atoms in total. The van der Waals surface area contributed by atoms with Gasteiger partial charge in [0.05, 0.1) is 15.8 Å². The zero-order valence-corrected chi connectivity index (χ0v) is 12.3. The molecule has 0 aliphatic heterocycles. The summed E-state index contributed by atoms with van der Waals surface area (Å²) in [6.07, 6.45) is 0. The van der Waals surface area contributed by atoms with E-state index < -0.39 is 33.5 Å². The zero-order valence-electron chi connectivity index (χ0n) is 9.92. The first kappa shape index (κ1) is 15.9. The van der Waals surface area contributed by atoms with E-state index in [1.54, 1.807) is 12.1 Å². The van der Waals surface area contributed by atoms with Gasteiger partial charge in [-0.2, -0.15) is 0 Å². The molecule has 0 radical (unpaired) electrons. The van der Waals surface area contributed by atoms with Crippen molar-refractivity contribution in [3.05, 3.63) is 21.3 Å². The number of aliphatic carboxylic acids is 1. The Labute approximate surface area is 119 Å². The van der Waals surface area contributed by atoms with E-state index in [0.29, 0.717) is 9.21 Å². The minimum atomic E-state index is -3.65. The van der Waals surface area contributed by atoms with Crippen molar-refractivity contribution >= 4 is 44.7 Å². The predicted molar refractivity (Wildman–Crippen MR) is 72.1 cm³/mol. The van der Waals surface area contributed by atoms with E-state index in [2.05, 4.69) is 5.32 Å². The van der Waals surface area contributed by atoms with Crippen LogP contribution in [0.15, 0.2) is 12.1 Å². The van der Waals surface area contributed by atoms with Gasteiger partial charge < -0.3 is 10.4 Å². The summed E-state index contributed by atoms with van der Waals surface area (Å²) in [6, 6.07) is 1.69. The van der Waals surface area contributed by atoms with E-state index in [1.165, 1.54) is 0 Å². The highest BCUT2D eigenvalue weighted by Gasteiger charge is 2.26. The van der Waals surface area contributed by atoms with E-state index >= 15 is 0 Å². The first-order valence-electron chi connectivity index (χ1n) is 5.14. The van der Waals surface area contributed by atoms with Crippen molar-refractivity contribution in [2.75, 3.05) is 5.75 Å². The molecule has 0 unspecified atom stereocenters. The number of hydrogen-bond donors (Lipinski definition) is 2. The summed E-state index contributed by atoms with van der Waals surface area (Å²) in [7, 11) is -3.65. The number of sulfone groups is 1. The molecule has 1 aromatic heterocycles. The van der Waals surface area contributed by atoms with Gasteiger partial charge in [0.2, 0.25) is 5.91 Å². The minimum Gasteiger partial charge on any atom is -0.480 e. The van der Waals surface area contributed by atoms with E-state index in [-0.39, 0.29) is 5.75 Å². The van der Waals surface area contributed by atoms with Gasteiger partial charge in [-0.3, -0.25) is 4.79 Å². The quantitative estimate of drug-likeness (QED) is 0.809. The topological polar surface area (TPSA) is 101 Å². The predicted octanol–water partition coefficient (Wildman–Crippen LogP) is 0.906. The number of hydrogen-bond acceptors (Lipinski definition) is 5. The molecule has 1 amide bonds. The molecule has 2 N–H and O–H groups in total. The maximum Gasteiger partial charge on any atom is 0.327 e. The van der Waals surface area contributed by atoms with Crippen LogP contribution in [0.2, 0.25) is 4.34 Å². The van der Waals surface area contributed by atoms with E-state index in [9.17, 15) is 18.0 Å². The van der Waals surface area contributed by atoms with Crippen molar-refractivity contribution < 1.29 is 23.1 Å². The van der Waals surface area contributed by atoms with Crippen LogP contribution in [-0.2, 0) is 25.2 Å². The maximum atomic E-state index is 11.9. The van der Waals surface area contributed by atoms with Crippen molar-refractivity contribution in [3.63, 3.8) is 0 Å². The zero-order chi connectivity index (χ0) is 14.6. The highest BCUT2D eigenvalue weighted by atomic mass is 35.5. The van der Waals surface area contributed by atoms with Crippen molar-refractivity contribution in [1.29, 1.82) is 0 Å². The van der Waals surface area contributed by atoms with Crippen LogP contribution in [0.25, 0.3) is 0 Å². The maximum absolute atomic E-state index is 11.9. The third kappa shape index (κ3) is 5.58. The number of amides is 1. The summed E-state index contributed by atoms with van der Waals surface area (Å²) in [5.74, 6) is -2.93. The van der Waals surface area contributed by atoms with E-state index in [4.69, 9.17) is 16.7 Å². The second kappa shape index (κ2) is 6.36. The second-order valence-corrected chi connectivity index (χ2v) is 7.76. The smallest absolute Gasteiger partial charge is 0.327 e. The van der Waals surface area contributed by atoms with Gasteiger partial charge in [-0.1, -0.05) is 11.6 Å². The van der Waals surface area contributed by atoms with Gasteiger partial charge in [-0.25, -0.2) is 13.2 Å². The fraction of sp³-hybridized carbons (Fsp3) is 0.400. The average molecular weight is 326 g/mol. The molecular weight excluding hydrogens is 314 g/mol. The minimum absolute atomic E-state index is 0.298. The third-order valence-corrected chi connectivity index (χ3v) is 5.09. The fourth-order valence-corrected chi connectivity index (χ4v) is 4.42. The van der Waals surface area contributed by atoms with Crippen LogP contribution in [0.5, 0.6) is 0 Å². The molecule has 0 saturated carbocycles. The number of carbonyl (C=O) groups is 2. The van der Waals surface area contributed by atoms with Crippen LogP contribution >= 0.6 is 22.9 Å². The Kier molecular flexibility index (Phi) is 5.33. The molecule has 0 spiro atoms. The van der Waals surface area contributed by atoms with Crippen molar-refractivity contribution in [3.8, 4) is 0 Å². The summed E-state index contributed by atoms with van der Waals surface area (Å²) < 4.78 is 24.2. The molecule has 1 rings (SSSR count). The summed E-state index contributed by atoms with van der Waals surface area (Å²) in [4.78, 5) is 22.2. The lowest BCUT2D eigenvalue weighted by molar-refractivity contribution is -0.140. The molecule has 0 bridgehead atoms. The largest absolute Gasteiger partial charge is 0.480 e. The lowest BCUT2D eigenvalue weighted by atomic mass is 10.3. The molecule has 0 aliphatic rings.